The monoisotopic (exact) mass is 1140 g/mol. The molecule has 0 aliphatic carbocycles. The molecule has 0 bridgehead atoms. The van der Waals surface area contributed by atoms with Gasteiger partial charge in [-0.1, -0.05) is 127 Å². The molecule has 4 fully saturated rings. The molecule has 6 aliphatic heterocycles. The van der Waals surface area contributed by atoms with Crippen LogP contribution in [0.25, 0.3) is 0 Å². The SMILES string of the molecule is CCN1NC(=O)CC1=O.CN(C)C(=O)C1=NN(c2ccccc2)C(=O)C1.CN1CC(=O)N(C)C1=S.O=C1CC(c2ccccc2)=NN1.O=C1CN(Cc2ccccc2)C(=O)N1Cc1ccccc1.O=C1CNC(=S)N1c1ccccc1. The van der Waals surface area contributed by atoms with E-state index in [1.165, 1.54) is 29.6 Å². The summed E-state index contributed by atoms with van der Waals surface area (Å²) >= 11 is 9.87. The van der Waals surface area contributed by atoms with Gasteiger partial charge in [0.2, 0.25) is 23.6 Å². The molecule has 0 saturated carbocycles. The summed E-state index contributed by atoms with van der Waals surface area (Å²) in [7, 11) is 6.78. The number of amides is 10. The highest BCUT2D eigenvalue weighted by Gasteiger charge is 2.36. The van der Waals surface area contributed by atoms with Gasteiger partial charge in [0.25, 0.3) is 23.6 Å². The number of carbonyl (C=O) groups is 9. The van der Waals surface area contributed by atoms with E-state index in [-0.39, 0.29) is 78.4 Å². The predicted octanol–water partition coefficient (Wildman–Crippen LogP) is 4.28. The standard InChI is InChI=1S/C17H16N2O2.C12H13N3O2.C9H8N2OS.C9H8N2O.C5H8N2O2.C5H8N2OS/c20-16-13-18(11-14-7-3-1-4-8-14)17(21)19(16)12-15-9-5-2-6-10-15;1-14(2)12(17)10-8-11(16)15(13-10)9-6-4-3-5-7-9;12-8-6-10-9(13)11(8)7-4-2-1-3-5-7;12-9-6-8(10-11-9)7-4-2-1-3-5-7;1-2-7-5(9)3-4(8)6-7;1-6-3-4(8)7(2)5(6)9/h1-10H,11-13H2;3-7H,8H2,1-2H3;1-5H,6H2,(H,10,13);1-5H,6H2,(H,11,12);2-3H2,1H3,(H,6,8);3H2,1-2H3. The fourth-order valence-electron chi connectivity index (χ4n) is 7.92. The Morgan fingerprint density at radius 1 is 0.605 bits per heavy atom. The first-order valence-corrected chi connectivity index (χ1v) is 26.2. The first kappa shape index (κ1) is 60.7. The number of hydrazone groups is 2. The Labute approximate surface area is 479 Å². The maximum Gasteiger partial charge on any atom is 0.327 e. The van der Waals surface area contributed by atoms with Gasteiger partial charge in [-0.15, -0.1) is 0 Å². The van der Waals surface area contributed by atoms with Crippen LogP contribution in [0.5, 0.6) is 0 Å². The largest absolute Gasteiger partial charge is 0.353 e. The summed E-state index contributed by atoms with van der Waals surface area (Å²) < 4.78 is 0. The third-order valence-corrected chi connectivity index (χ3v) is 13.0. The molecule has 6 aliphatic rings. The normalized spacial score (nSPS) is 16.1. The third kappa shape index (κ3) is 17.2. The van der Waals surface area contributed by atoms with Crippen LogP contribution in [-0.2, 0) is 51.4 Å². The molecule has 81 heavy (non-hydrogen) atoms. The highest BCUT2D eigenvalue weighted by atomic mass is 32.1. The number of hydrogen-bond donors (Lipinski definition) is 3. The van der Waals surface area contributed by atoms with E-state index in [1.54, 1.807) is 43.1 Å². The molecule has 24 heteroatoms. The summed E-state index contributed by atoms with van der Waals surface area (Å²) in [5, 5.41) is 14.5. The van der Waals surface area contributed by atoms with Crippen LogP contribution in [0.3, 0.4) is 0 Å². The molecular formula is C57H61N13O9S2. The molecule has 0 spiro atoms. The number of anilines is 2. The van der Waals surface area contributed by atoms with Crippen LogP contribution < -0.4 is 26.1 Å². The number of imide groups is 1. The van der Waals surface area contributed by atoms with Gasteiger partial charge in [0.15, 0.2) is 10.2 Å². The maximum atomic E-state index is 12.4. The van der Waals surface area contributed by atoms with E-state index in [9.17, 15) is 43.2 Å². The summed E-state index contributed by atoms with van der Waals surface area (Å²) in [5.74, 6) is -0.852. The number of nitrogens with one attached hydrogen (secondary N) is 3. The second-order valence-electron chi connectivity index (χ2n) is 18.4. The van der Waals surface area contributed by atoms with Gasteiger partial charge in [0, 0.05) is 41.3 Å². The topological polar surface area (TPSA) is 240 Å². The number of urea groups is 1. The van der Waals surface area contributed by atoms with Gasteiger partial charge >= 0.3 is 6.03 Å². The molecule has 3 N–H and O–H groups in total. The van der Waals surface area contributed by atoms with Crippen LogP contribution >= 0.6 is 24.4 Å². The van der Waals surface area contributed by atoms with Crippen LogP contribution in [0.15, 0.2) is 162 Å². The molecule has 0 aromatic heterocycles. The van der Waals surface area contributed by atoms with Crippen molar-refractivity contribution in [2.75, 3.05) is 64.3 Å². The first-order valence-electron chi connectivity index (χ1n) is 25.4. The van der Waals surface area contributed by atoms with Crippen molar-refractivity contribution in [2.45, 2.75) is 39.3 Å². The van der Waals surface area contributed by atoms with Gasteiger partial charge in [-0.2, -0.15) is 15.2 Å². The summed E-state index contributed by atoms with van der Waals surface area (Å²) in [6.07, 6.45) is 0.462. The summed E-state index contributed by atoms with van der Waals surface area (Å²) in [4.78, 5) is 111. The molecule has 420 valence electrons. The van der Waals surface area contributed by atoms with Gasteiger partial charge in [0.05, 0.1) is 49.6 Å². The van der Waals surface area contributed by atoms with Crippen molar-refractivity contribution in [3.8, 4) is 0 Å². The van der Waals surface area contributed by atoms with Crippen molar-refractivity contribution < 1.29 is 43.2 Å². The van der Waals surface area contributed by atoms with E-state index in [4.69, 9.17) is 24.4 Å². The zero-order valence-corrected chi connectivity index (χ0v) is 46.9. The highest BCUT2D eigenvalue weighted by molar-refractivity contribution is 7.80. The quantitative estimate of drug-likeness (QED) is 0.106. The molecule has 10 amide bonds. The van der Waals surface area contributed by atoms with E-state index in [1.807, 2.05) is 153 Å². The van der Waals surface area contributed by atoms with Crippen LogP contribution in [0.2, 0.25) is 0 Å². The molecule has 6 heterocycles. The van der Waals surface area contributed by atoms with E-state index in [0.29, 0.717) is 55.1 Å². The van der Waals surface area contributed by atoms with Crippen molar-refractivity contribution in [1.29, 1.82) is 0 Å². The van der Waals surface area contributed by atoms with Crippen LogP contribution in [0.1, 0.15) is 42.9 Å². The number of carbonyl (C=O) groups excluding carboxylic acids is 9. The lowest BCUT2D eigenvalue weighted by Gasteiger charge is -2.17. The highest BCUT2D eigenvalue weighted by Crippen LogP contribution is 2.21. The Morgan fingerprint density at radius 3 is 1.58 bits per heavy atom. The van der Waals surface area contributed by atoms with Gasteiger partial charge in [-0.3, -0.25) is 63.5 Å². The molecule has 5 aromatic carbocycles. The van der Waals surface area contributed by atoms with E-state index < -0.39 is 0 Å². The van der Waals surface area contributed by atoms with Crippen molar-refractivity contribution in [3.63, 3.8) is 0 Å². The molecule has 5 aromatic rings. The number of rotatable bonds is 9. The first-order chi connectivity index (χ1) is 38.8. The number of thiocarbonyl (C=S) groups is 2. The van der Waals surface area contributed by atoms with Crippen molar-refractivity contribution in [1.82, 2.24) is 45.7 Å². The Bertz CT molecular complexity index is 3160. The third-order valence-electron chi connectivity index (χ3n) is 12.1. The van der Waals surface area contributed by atoms with Crippen molar-refractivity contribution in [2.24, 2.45) is 10.2 Å². The fourth-order valence-corrected chi connectivity index (χ4v) is 8.36. The fraction of sp³-hybridized carbons (Fsp3) is 0.246. The average molecular weight is 1140 g/mol. The number of nitrogens with zero attached hydrogens (tertiary/aromatic N) is 10. The number of hydrogen-bond acceptors (Lipinski definition) is 13. The van der Waals surface area contributed by atoms with Gasteiger partial charge in [-0.05, 0) is 72.3 Å². The lowest BCUT2D eigenvalue weighted by atomic mass is 10.1. The van der Waals surface area contributed by atoms with Crippen LogP contribution in [0, 0.1) is 0 Å². The van der Waals surface area contributed by atoms with Crippen LogP contribution in [-0.4, -0.2) is 159 Å². The van der Waals surface area contributed by atoms with E-state index in [2.05, 4.69) is 26.4 Å². The summed E-state index contributed by atoms with van der Waals surface area (Å²) in [6, 6.07) is 47.2. The van der Waals surface area contributed by atoms with Gasteiger partial charge < -0.3 is 20.0 Å². The van der Waals surface area contributed by atoms with Crippen LogP contribution in [0.4, 0.5) is 16.2 Å². The minimum absolute atomic E-state index is 0.00352. The molecule has 0 atom stereocenters. The number of likely N-dealkylation sites (N-methyl/N-ethyl adjacent to an activating group) is 2. The molecule has 0 radical (unpaired) electrons. The summed E-state index contributed by atoms with van der Waals surface area (Å²) in [5.41, 5.74) is 10.4. The van der Waals surface area contributed by atoms with E-state index in [0.717, 1.165) is 28.1 Å². The predicted molar refractivity (Wildman–Crippen MR) is 312 cm³/mol. The lowest BCUT2D eigenvalue weighted by molar-refractivity contribution is -0.129. The maximum absolute atomic E-state index is 12.4. The Hall–Kier alpha value is -9.55. The number of para-hydroxylation sites is 2. The second-order valence-corrected chi connectivity index (χ2v) is 19.1. The Balaban J connectivity index is 0.000000161. The van der Waals surface area contributed by atoms with Crippen molar-refractivity contribution >= 4 is 111 Å². The number of hydrazine groups is 1. The second kappa shape index (κ2) is 29.4. The smallest absolute Gasteiger partial charge is 0.327 e. The Kier molecular flexibility index (Phi) is 22.0. The minimum atomic E-state index is -0.225. The molecular weight excluding hydrogens is 1070 g/mol. The molecule has 22 nitrogen and oxygen atoms in total. The zero-order valence-electron chi connectivity index (χ0n) is 45.3. The van der Waals surface area contributed by atoms with Gasteiger partial charge in [-0.25, -0.2) is 10.2 Å². The number of benzene rings is 5. The van der Waals surface area contributed by atoms with Crippen molar-refractivity contribution in [3.05, 3.63) is 168 Å². The van der Waals surface area contributed by atoms with Gasteiger partial charge in [0.1, 0.15) is 18.7 Å². The van der Waals surface area contributed by atoms with E-state index >= 15 is 0 Å². The Morgan fingerprint density at radius 2 is 1.15 bits per heavy atom. The molecule has 0 unspecified atom stereocenters. The molecule has 4 saturated heterocycles. The zero-order chi connectivity index (χ0) is 58.6. The molecule has 11 rings (SSSR count). The average Bonchev–Trinajstić information content (AvgIpc) is 4.37. The minimum Gasteiger partial charge on any atom is -0.353 e. The lowest BCUT2D eigenvalue weighted by Crippen LogP contribution is -2.35. The summed E-state index contributed by atoms with van der Waals surface area (Å²) in [6.45, 7) is 4.04.